The van der Waals surface area contributed by atoms with Gasteiger partial charge in [0.05, 0.1) is 5.56 Å². The summed E-state index contributed by atoms with van der Waals surface area (Å²) in [6, 6.07) is 13.3. The third-order valence-corrected chi connectivity index (χ3v) is 3.82. The average molecular weight is 358 g/mol. The van der Waals surface area contributed by atoms with Crippen molar-refractivity contribution in [2.75, 3.05) is 0 Å². The van der Waals surface area contributed by atoms with Gasteiger partial charge in [0, 0.05) is 17.1 Å². The predicted molar refractivity (Wildman–Crippen MR) is 80.8 cm³/mol. The Labute approximate surface area is 130 Å². The highest BCUT2D eigenvalue weighted by Gasteiger charge is 2.32. The maximum absolute atomic E-state index is 12.9. The Morgan fingerprint density at radius 3 is 2.29 bits per heavy atom. The molecule has 0 bridgehead atoms. The van der Waals surface area contributed by atoms with Crippen LogP contribution in [0, 0.1) is 0 Å². The molecule has 0 aliphatic rings. The van der Waals surface area contributed by atoms with E-state index in [9.17, 15) is 13.2 Å². The molecule has 0 unspecified atom stereocenters. The monoisotopic (exact) mass is 357 g/mol. The van der Waals surface area contributed by atoms with E-state index in [0.717, 1.165) is 16.1 Å². The van der Waals surface area contributed by atoms with Crippen LogP contribution in [0.5, 0.6) is 0 Å². The van der Waals surface area contributed by atoms with Crippen molar-refractivity contribution in [2.45, 2.75) is 25.7 Å². The average Bonchev–Trinajstić information content (AvgIpc) is 2.45. The molecular formula is C16H15BrF3N. The van der Waals surface area contributed by atoms with Gasteiger partial charge in [0.2, 0.25) is 0 Å². The number of alkyl halides is 3. The first-order valence-electron chi connectivity index (χ1n) is 6.52. The second kappa shape index (κ2) is 6.62. The molecule has 0 amide bonds. The number of rotatable bonds is 4. The summed E-state index contributed by atoms with van der Waals surface area (Å²) in [5.74, 6) is 0. The SMILES string of the molecule is C[C@H](NCc1ccccc1C(F)(F)F)c1ccc(Br)cc1. The third kappa shape index (κ3) is 4.32. The van der Waals surface area contributed by atoms with E-state index in [4.69, 9.17) is 0 Å². The molecule has 2 aromatic rings. The second-order valence-corrected chi connectivity index (χ2v) is 5.72. The summed E-state index contributed by atoms with van der Waals surface area (Å²) in [4.78, 5) is 0. The topological polar surface area (TPSA) is 12.0 Å². The highest BCUT2D eigenvalue weighted by molar-refractivity contribution is 9.10. The fourth-order valence-electron chi connectivity index (χ4n) is 2.08. The van der Waals surface area contributed by atoms with Gasteiger partial charge in [-0.25, -0.2) is 0 Å². The van der Waals surface area contributed by atoms with Crippen molar-refractivity contribution >= 4 is 15.9 Å². The zero-order valence-corrected chi connectivity index (χ0v) is 13.0. The molecule has 1 atom stereocenters. The maximum Gasteiger partial charge on any atom is 0.416 e. The van der Waals surface area contributed by atoms with Crippen molar-refractivity contribution < 1.29 is 13.2 Å². The Morgan fingerprint density at radius 1 is 1.05 bits per heavy atom. The first-order chi connectivity index (χ1) is 9.88. The molecule has 0 spiro atoms. The van der Waals surface area contributed by atoms with Crippen molar-refractivity contribution in [3.05, 3.63) is 69.7 Å². The lowest BCUT2D eigenvalue weighted by molar-refractivity contribution is -0.138. The van der Waals surface area contributed by atoms with E-state index in [1.807, 2.05) is 31.2 Å². The Morgan fingerprint density at radius 2 is 1.67 bits per heavy atom. The van der Waals surface area contributed by atoms with Crippen LogP contribution in [0.15, 0.2) is 53.0 Å². The van der Waals surface area contributed by atoms with Crippen LogP contribution in [0.25, 0.3) is 0 Å². The first kappa shape index (κ1) is 16.0. The molecule has 2 rings (SSSR count). The molecule has 0 heterocycles. The number of halogens is 4. The molecule has 0 aromatic heterocycles. The quantitative estimate of drug-likeness (QED) is 0.780. The van der Waals surface area contributed by atoms with Gasteiger partial charge >= 0.3 is 6.18 Å². The zero-order chi connectivity index (χ0) is 15.5. The van der Waals surface area contributed by atoms with Gasteiger partial charge in [-0.2, -0.15) is 13.2 Å². The Kier molecular flexibility index (Phi) is 5.06. The summed E-state index contributed by atoms with van der Waals surface area (Å²) in [5, 5.41) is 3.13. The second-order valence-electron chi connectivity index (χ2n) is 4.81. The molecule has 0 aliphatic heterocycles. The van der Waals surface area contributed by atoms with E-state index in [2.05, 4.69) is 21.2 Å². The van der Waals surface area contributed by atoms with Gasteiger partial charge in [0.25, 0.3) is 0 Å². The minimum absolute atomic E-state index is 0.0283. The molecular weight excluding hydrogens is 343 g/mol. The van der Waals surface area contributed by atoms with E-state index in [1.54, 1.807) is 6.07 Å². The van der Waals surface area contributed by atoms with Gasteiger partial charge in [-0.3, -0.25) is 0 Å². The van der Waals surface area contributed by atoms with Crippen molar-refractivity contribution in [3.63, 3.8) is 0 Å². The zero-order valence-electron chi connectivity index (χ0n) is 11.4. The highest BCUT2D eigenvalue weighted by Crippen LogP contribution is 2.32. The predicted octanol–water partition coefficient (Wildman–Crippen LogP) is 5.32. The number of benzene rings is 2. The summed E-state index contributed by atoms with van der Waals surface area (Å²) in [5.41, 5.74) is 0.706. The lowest BCUT2D eigenvalue weighted by Gasteiger charge is -2.17. The molecule has 1 N–H and O–H groups in total. The molecule has 0 radical (unpaired) electrons. The molecule has 5 heteroatoms. The van der Waals surface area contributed by atoms with E-state index in [-0.39, 0.29) is 18.2 Å². The van der Waals surface area contributed by atoms with Crippen LogP contribution in [0.2, 0.25) is 0 Å². The lowest BCUT2D eigenvalue weighted by Crippen LogP contribution is -2.20. The van der Waals surface area contributed by atoms with Crippen molar-refractivity contribution in [1.29, 1.82) is 0 Å². The van der Waals surface area contributed by atoms with Gasteiger partial charge in [-0.05, 0) is 36.2 Å². The lowest BCUT2D eigenvalue weighted by atomic mass is 10.1. The van der Waals surface area contributed by atoms with Gasteiger partial charge in [-0.1, -0.05) is 46.3 Å². The Hall–Kier alpha value is -1.33. The number of hydrogen-bond acceptors (Lipinski definition) is 1. The minimum atomic E-state index is -4.32. The molecule has 0 saturated carbocycles. The highest BCUT2D eigenvalue weighted by atomic mass is 79.9. The van der Waals surface area contributed by atoms with Crippen LogP contribution < -0.4 is 5.32 Å². The molecule has 0 saturated heterocycles. The largest absolute Gasteiger partial charge is 0.416 e. The number of nitrogens with one attached hydrogen (secondary N) is 1. The summed E-state index contributed by atoms with van der Waals surface area (Å²) >= 11 is 3.36. The van der Waals surface area contributed by atoms with Crippen LogP contribution in [0.4, 0.5) is 13.2 Å². The van der Waals surface area contributed by atoms with Crippen LogP contribution in [-0.2, 0) is 12.7 Å². The molecule has 0 fully saturated rings. The fraction of sp³-hybridized carbons (Fsp3) is 0.250. The Balaban J connectivity index is 2.08. The molecule has 21 heavy (non-hydrogen) atoms. The summed E-state index contributed by atoms with van der Waals surface area (Å²) in [6.07, 6.45) is -4.32. The van der Waals surface area contributed by atoms with Crippen molar-refractivity contribution in [3.8, 4) is 0 Å². The molecule has 1 nitrogen and oxygen atoms in total. The summed E-state index contributed by atoms with van der Waals surface area (Å²) < 4.78 is 39.7. The van der Waals surface area contributed by atoms with Gasteiger partial charge in [-0.15, -0.1) is 0 Å². The van der Waals surface area contributed by atoms with Gasteiger partial charge < -0.3 is 5.32 Å². The normalized spacial score (nSPS) is 13.2. The molecule has 112 valence electrons. The smallest absolute Gasteiger partial charge is 0.306 e. The van der Waals surface area contributed by atoms with Gasteiger partial charge in [0.1, 0.15) is 0 Å². The summed E-state index contributed by atoms with van der Waals surface area (Å²) in [6.45, 7) is 2.10. The van der Waals surface area contributed by atoms with E-state index >= 15 is 0 Å². The van der Waals surface area contributed by atoms with E-state index < -0.39 is 11.7 Å². The van der Waals surface area contributed by atoms with E-state index in [1.165, 1.54) is 12.1 Å². The maximum atomic E-state index is 12.9. The summed E-state index contributed by atoms with van der Waals surface area (Å²) in [7, 11) is 0. The Bertz CT molecular complexity index is 593. The standard InChI is InChI=1S/C16H15BrF3N/c1-11(12-6-8-14(17)9-7-12)21-10-13-4-2-3-5-15(13)16(18,19)20/h2-9,11,21H,10H2,1H3/t11-/m0/s1. The van der Waals surface area contributed by atoms with Crippen molar-refractivity contribution in [1.82, 2.24) is 5.32 Å². The first-order valence-corrected chi connectivity index (χ1v) is 7.31. The number of hydrogen-bond donors (Lipinski definition) is 1. The van der Waals surface area contributed by atoms with Crippen LogP contribution in [0.3, 0.4) is 0 Å². The minimum Gasteiger partial charge on any atom is -0.306 e. The van der Waals surface area contributed by atoms with Crippen molar-refractivity contribution in [2.24, 2.45) is 0 Å². The van der Waals surface area contributed by atoms with Crippen LogP contribution in [0.1, 0.15) is 29.7 Å². The fourth-order valence-corrected chi connectivity index (χ4v) is 2.35. The third-order valence-electron chi connectivity index (χ3n) is 3.29. The van der Waals surface area contributed by atoms with Crippen LogP contribution >= 0.6 is 15.9 Å². The van der Waals surface area contributed by atoms with E-state index in [0.29, 0.717) is 0 Å². The van der Waals surface area contributed by atoms with Crippen LogP contribution in [-0.4, -0.2) is 0 Å². The van der Waals surface area contributed by atoms with Gasteiger partial charge in [0.15, 0.2) is 0 Å². The molecule has 2 aromatic carbocycles. The molecule has 0 aliphatic carbocycles.